The van der Waals surface area contributed by atoms with Crippen molar-refractivity contribution in [2.75, 3.05) is 0 Å². The smallest absolute Gasteiger partial charge is 0.159 e. The average molecular weight is 266 g/mol. The van der Waals surface area contributed by atoms with Crippen LogP contribution in [0.15, 0.2) is 24.5 Å². The van der Waals surface area contributed by atoms with Crippen LogP contribution < -0.4 is 5.32 Å². The lowest BCUT2D eigenvalue weighted by Gasteiger charge is -2.14. The van der Waals surface area contributed by atoms with Gasteiger partial charge in [-0.2, -0.15) is 0 Å². The van der Waals surface area contributed by atoms with Gasteiger partial charge in [-0.05, 0) is 31.5 Å². The van der Waals surface area contributed by atoms with Crippen molar-refractivity contribution in [1.82, 2.24) is 20.1 Å². The largest absolute Gasteiger partial charge is 0.317 e. The van der Waals surface area contributed by atoms with Crippen molar-refractivity contribution in [2.24, 2.45) is 0 Å². The minimum absolute atomic E-state index is 0.0999. The molecule has 2 rings (SSSR count). The zero-order valence-corrected chi connectivity index (χ0v) is 10.9. The fourth-order valence-corrected chi connectivity index (χ4v) is 1.82. The van der Waals surface area contributed by atoms with Crippen molar-refractivity contribution in [3.05, 3.63) is 47.5 Å². The summed E-state index contributed by atoms with van der Waals surface area (Å²) in [7, 11) is 0. The van der Waals surface area contributed by atoms with Crippen LogP contribution in [0.4, 0.5) is 8.78 Å². The van der Waals surface area contributed by atoms with Crippen LogP contribution in [0.5, 0.6) is 0 Å². The molecule has 2 aromatic rings. The van der Waals surface area contributed by atoms with E-state index < -0.39 is 11.6 Å². The van der Waals surface area contributed by atoms with Crippen LogP contribution >= 0.6 is 0 Å². The molecule has 0 aliphatic carbocycles. The monoisotopic (exact) mass is 266 g/mol. The Morgan fingerprint density at radius 1 is 1.32 bits per heavy atom. The van der Waals surface area contributed by atoms with Crippen molar-refractivity contribution in [3.8, 4) is 0 Å². The molecule has 1 atom stereocenters. The summed E-state index contributed by atoms with van der Waals surface area (Å²) in [5, 5.41) is 11.0. The average Bonchev–Trinajstić information content (AvgIpc) is 2.86. The fraction of sp³-hybridized carbons (Fsp3) is 0.385. The number of hydrogen-bond acceptors (Lipinski definition) is 3. The predicted molar refractivity (Wildman–Crippen MR) is 67.3 cm³/mol. The molecule has 0 saturated carbocycles. The number of nitrogens with zero attached hydrogens (tertiary/aromatic N) is 3. The Hall–Kier alpha value is -1.82. The van der Waals surface area contributed by atoms with Gasteiger partial charge in [-0.15, -0.1) is 10.2 Å². The van der Waals surface area contributed by atoms with E-state index in [1.54, 1.807) is 12.4 Å². The highest BCUT2D eigenvalue weighted by atomic mass is 19.2. The fourth-order valence-electron chi connectivity index (χ4n) is 1.82. The minimum atomic E-state index is -0.832. The van der Waals surface area contributed by atoms with Gasteiger partial charge in [0, 0.05) is 12.6 Å². The zero-order chi connectivity index (χ0) is 13.8. The van der Waals surface area contributed by atoms with Gasteiger partial charge in [0.2, 0.25) is 0 Å². The molecule has 0 aliphatic rings. The van der Waals surface area contributed by atoms with E-state index in [1.807, 2.05) is 18.4 Å². The number of hydrogen-bond donors (Lipinski definition) is 1. The minimum Gasteiger partial charge on any atom is -0.317 e. The molecule has 102 valence electrons. The first kappa shape index (κ1) is 13.6. The van der Waals surface area contributed by atoms with Crippen molar-refractivity contribution in [2.45, 2.75) is 33.0 Å². The summed E-state index contributed by atoms with van der Waals surface area (Å²) in [5.41, 5.74) is 0.696. The second-order valence-corrected chi connectivity index (χ2v) is 4.31. The quantitative estimate of drug-likeness (QED) is 0.903. The number of rotatable bonds is 5. The van der Waals surface area contributed by atoms with Crippen LogP contribution in [0.25, 0.3) is 0 Å². The molecule has 0 aliphatic heterocycles. The Bertz CT molecular complexity index is 553. The molecule has 6 heteroatoms. The molecule has 1 aromatic heterocycles. The van der Waals surface area contributed by atoms with Crippen LogP contribution in [0, 0.1) is 11.6 Å². The van der Waals surface area contributed by atoms with Gasteiger partial charge in [0.15, 0.2) is 11.6 Å². The lowest BCUT2D eigenvalue weighted by atomic mass is 10.1. The Kier molecular flexibility index (Phi) is 4.21. The van der Waals surface area contributed by atoms with Crippen LogP contribution in [-0.2, 0) is 13.1 Å². The SMILES string of the molecule is CCn1cnnc1CNC(C)c1ccc(F)c(F)c1. The van der Waals surface area contributed by atoms with Crippen molar-refractivity contribution in [1.29, 1.82) is 0 Å². The van der Waals surface area contributed by atoms with Crippen LogP contribution in [-0.4, -0.2) is 14.8 Å². The number of halogens is 2. The van der Waals surface area contributed by atoms with Gasteiger partial charge in [0.05, 0.1) is 6.54 Å². The third-order valence-electron chi connectivity index (χ3n) is 3.05. The first-order valence-corrected chi connectivity index (χ1v) is 6.16. The highest BCUT2D eigenvalue weighted by molar-refractivity contribution is 5.20. The van der Waals surface area contributed by atoms with Crippen molar-refractivity contribution >= 4 is 0 Å². The molecule has 1 unspecified atom stereocenters. The van der Waals surface area contributed by atoms with Crippen LogP contribution in [0.3, 0.4) is 0 Å². The van der Waals surface area contributed by atoms with Gasteiger partial charge >= 0.3 is 0 Å². The summed E-state index contributed by atoms with van der Waals surface area (Å²) in [4.78, 5) is 0. The van der Waals surface area contributed by atoms with Gasteiger partial charge in [-0.3, -0.25) is 0 Å². The maximum absolute atomic E-state index is 13.1. The summed E-state index contributed by atoms with van der Waals surface area (Å²) < 4.78 is 27.9. The topological polar surface area (TPSA) is 42.7 Å². The highest BCUT2D eigenvalue weighted by Gasteiger charge is 2.10. The standard InChI is InChI=1S/C13H16F2N4/c1-3-19-8-17-18-13(19)7-16-9(2)10-4-5-11(14)12(15)6-10/h4-6,8-9,16H,3,7H2,1-2H3. The van der Waals surface area contributed by atoms with E-state index in [0.29, 0.717) is 12.1 Å². The number of aryl methyl sites for hydroxylation is 1. The first-order chi connectivity index (χ1) is 9.11. The van der Waals surface area contributed by atoms with E-state index in [4.69, 9.17) is 0 Å². The molecule has 1 aromatic carbocycles. The third kappa shape index (κ3) is 3.14. The van der Waals surface area contributed by atoms with Crippen molar-refractivity contribution < 1.29 is 8.78 Å². The molecular weight excluding hydrogens is 250 g/mol. The maximum atomic E-state index is 13.1. The summed E-state index contributed by atoms with van der Waals surface area (Å²) in [5.74, 6) is -0.846. The molecule has 0 amide bonds. The number of nitrogens with one attached hydrogen (secondary N) is 1. The molecule has 1 N–H and O–H groups in total. The third-order valence-corrected chi connectivity index (χ3v) is 3.05. The van der Waals surface area contributed by atoms with Crippen LogP contribution in [0.1, 0.15) is 31.3 Å². The van der Waals surface area contributed by atoms with E-state index in [0.717, 1.165) is 18.4 Å². The van der Waals surface area contributed by atoms with E-state index >= 15 is 0 Å². The number of aromatic nitrogens is 3. The summed E-state index contributed by atoms with van der Waals surface area (Å²) >= 11 is 0. The molecule has 0 spiro atoms. The van der Waals surface area contributed by atoms with Crippen LogP contribution in [0.2, 0.25) is 0 Å². The second kappa shape index (κ2) is 5.88. The van der Waals surface area contributed by atoms with Gasteiger partial charge in [-0.1, -0.05) is 6.07 Å². The lowest BCUT2D eigenvalue weighted by molar-refractivity contribution is 0.497. The lowest BCUT2D eigenvalue weighted by Crippen LogP contribution is -2.20. The predicted octanol–water partition coefficient (Wildman–Crippen LogP) is 2.43. The molecule has 4 nitrogen and oxygen atoms in total. The zero-order valence-electron chi connectivity index (χ0n) is 10.9. The van der Waals surface area contributed by atoms with Gasteiger partial charge in [0.1, 0.15) is 12.2 Å². The Labute approximate surface area is 110 Å². The van der Waals surface area contributed by atoms with E-state index in [2.05, 4.69) is 15.5 Å². The maximum Gasteiger partial charge on any atom is 0.159 e. The second-order valence-electron chi connectivity index (χ2n) is 4.31. The van der Waals surface area contributed by atoms with Gasteiger partial charge < -0.3 is 9.88 Å². The molecule has 0 fully saturated rings. The Morgan fingerprint density at radius 2 is 2.11 bits per heavy atom. The normalized spacial score (nSPS) is 12.6. The molecule has 1 heterocycles. The molecule has 0 saturated heterocycles. The van der Waals surface area contributed by atoms with Gasteiger partial charge in [0.25, 0.3) is 0 Å². The first-order valence-electron chi connectivity index (χ1n) is 6.16. The summed E-state index contributed by atoms with van der Waals surface area (Å²) in [6.07, 6.45) is 1.67. The van der Waals surface area contributed by atoms with E-state index in [-0.39, 0.29) is 6.04 Å². The molecular formula is C13H16F2N4. The summed E-state index contributed by atoms with van der Waals surface area (Å²) in [6, 6.07) is 3.81. The highest BCUT2D eigenvalue weighted by Crippen LogP contribution is 2.16. The molecule has 0 bridgehead atoms. The summed E-state index contributed by atoms with van der Waals surface area (Å²) in [6.45, 7) is 5.21. The Balaban J connectivity index is 2.01. The van der Waals surface area contributed by atoms with Gasteiger partial charge in [-0.25, -0.2) is 8.78 Å². The van der Waals surface area contributed by atoms with E-state index in [1.165, 1.54) is 6.07 Å². The number of benzene rings is 1. The molecule has 0 radical (unpaired) electrons. The molecule has 19 heavy (non-hydrogen) atoms. The van der Waals surface area contributed by atoms with E-state index in [9.17, 15) is 8.78 Å². The Morgan fingerprint density at radius 3 is 2.79 bits per heavy atom. The van der Waals surface area contributed by atoms with Crippen molar-refractivity contribution in [3.63, 3.8) is 0 Å².